The molecule has 3 rings (SSSR count). The summed E-state index contributed by atoms with van der Waals surface area (Å²) in [7, 11) is 3.96. The van der Waals surface area contributed by atoms with Gasteiger partial charge < -0.3 is 15.5 Å². The number of carbonyl (C=O) groups is 1. The summed E-state index contributed by atoms with van der Waals surface area (Å²) in [6, 6.07) is 4.04. The fourth-order valence-electron chi connectivity index (χ4n) is 3.07. The highest BCUT2D eigenvalue weighted by molar-refractivity contribution is 6.29. The van der Waals surface area contributed by atoms with Crippen LogP contribution < -0.4 is 10.6 Å². The van der Waals surface area contributed by atoms with E-state index in [9.17, 15) is 4.79 Å². The molecule has 5 nitrogen and oxygen atoms in total. The second-order valence-electron chi connectivity index (χ2n) is 6.70. The SMILES string of the molecule is CN(C)Cc1ccc(Cl)nc1NC(=O)[C@@H]1C[C@@]2(C)C[C@H]2N1.Cl. The molecule has 0 bridgehead atoms. The predicted molar refractivity (Wildman–Crippen MR) is 90.6 cm³/mol. The van der Waals surface area contributed by atoms with Gasteiger partial charge in [-0.2, -0.15) is 0 Å². The summed E-state index contributed by atoms with van der Waals surface area (Å²) in [5, 5.41) is 6.70. The fourth-order valence-corrected chi connectivity index (χ4v) is 3.22. The molecule has 122 valence electrons. The molecule has 1 saturated heterocycles. The number of nitrogens with one attached hydrogen (secondary N) is 2. The van der Waals surface area contributed by atoms with Gasteiger partial charge in [-0.3, -0.25) is 4.79 Å². The number of hydrogen-bond donors (Lipinski definition) is 2. The summed E-state index contributed by atoms with van der Waals surface area (Å²) in [4.78, 5) is 18.7. The number of amides is 1. The minimum Gasteiger partial charge on any atom is -0.309 e. The lowest BCUT2D eigenvalue weighted by Gasteiger charge is -2.17. The topological polar surface area (TPSA) is 57.3 Å². The van der Waals surface area contributed by atoms with Crippen molar-refractivity contribution in [2.24, 2.45) is 5.41 Å². The lowest BCUT2D eigenvalue weighted by molar-refractivity contribution is -0.118. The summed E-state index contributed by atoms with van der Waals surface area (Å²) in [5.41, 5.74) is 1.28. The maximum absolute atomic E-state index is 12.4. The average molecular weight is 345 g/mol. The van der Waals surface area contributed by atoms with E-state index in [1.807, 2.05) is 25.1 Å². The summed E-state index contributed by atoms with van der Waals surface area (Å²) >= 11 is 5.96. The fraction of sp³-hybridized carbons (Fsp3) is 0.600. The summed E-state index contributed by atoms with van der Waals surface area (Å²) < 4.78 is 0. The van der Waals surface area contributed by atoms with Gasteiger partial charge in [0.05, 0.1) is 6.04 Å². The monoisotopic (exact) mass is 344 g/mol. The number of hydrogen-bond acceptors (Lipinski definition) is 4. The molecule has 22 heavy (non-hydrogen) atoms. The Balaban J connectivity index is 0.00000176. The minimum absolute atomic E-state index is 0. The molecule has 1 aliphatic carbocycles. The van der Waals surface area contributed by atoms with E-state index in [0.717, 1.165) is 12.0 Å². The zero-order chi connectivity index (χ0) is 15.2. The van der Waals surface area contributed by atoms with Crippen LogP contribution in [0.4, 0.5) is 5.82 Å². The van der Waals surface area contributed by atoms with Gasteiger partial charge in [0.15, 0.2) is 0 Å². The Morgan fingerprint density at radius 3 is 2.82 bits per heavy atom. The molecule has 7 heteroatoms. The van der Waals surface area contributed by atoms with Gasteiger partial charge in [0.2, 0.25) is 5.91 Å². The highest BCUT2D eigenvalue weighted by atomic mass is 35.5. The first-order chi connectivity index (χ1) is 9.87. The number of aromatic nitrogens is 1. The predicted octanol–water partition coefficient (Wildman–Crippen LogP) is 2.30. The van der Waals surface area contributed by atoms with E-state index in [4.69, 9.17) is 11.6 Å². The van der Waals surface area contributed by atoms with Crippen LogP contribution in [0.15, 0.2) is 12.1 Å². The molecule has 1 aromatic heterocycles. The summed E-state index contributed by atoms with van der Waals surface area (Å²) in [6.45, 7) is 2.94. The van der Waals surface area contributed by atoms with E-state index >= 15 is 0 Å². The van der Waals surface area contributed by atoms with Crippen molar-refractivity contribution in [2.45, 2.75) is 38.4 Å². The van der Waals surface area contributed by atoms with Gasteiger partial charge in [-0.25, -0.2) is 4.98 Å². The van der Waals surface area contributed by atoms with Crippen LogP contribution in [0.25, 0.3) is 0 Å². The number of anilines is 1. The van der Waals surface area contributed by atoms with Crippen LogP contribution in [0.2, 0.25) is 5.15 Å². The first-order valence-electron chi connectivity index (χ1n) is 7.24. The quantitative estimate of drug-likeness (QED) is 0.823. The van der Waals surface area contributed by atoms with Gasteiger partial charge in [-0.1, -0.05) is 24.6 Å². The highest BCUT2D eigenvalue weighted by Gasteiger charge is 2.58. The van der Waals surface area contributed by atoms with Crippen LogP contribution in [0.5, 0.6) is 0 Å². The standard InChI is InChI=1S/C15H21ClN4O.ClH/c1-15-6-10(17-11(15)7-15)14(21)19-13-9(8-20(2)3)4-5-12(16)18-13;/h4-5,10-11,17H,6-8H2,1-3H3,(H,18,19,21);1H/t10-,11+,15-;/m0./s1. The molecule has 2 heterocycles. The Kier molecular flexibility index (Phi) is 5.02. The van der Waals surface area contributed by atoms with Gasteiger partial charge in [-0.15, -0.1) is 12.4 Å². The lowest BCUT2D eigenvalue weighted by atomic mass is 10.0. The maximum atomic E-state index is 12.4. The molecule has 3 atom stereocenters. The number of carbonyl (C=O) groups excluding carboxylic acids is 1. The van der Waals surface area contributed by atoms with E-state index in [0.29, 0.717) is 29.0 Å². The second-order valence-corrected chi connectivity index (χ2v) is 7.09. The van der Waals surface area contributed by atoms with Crippen LogP contribution in [0.3, 0.4) is 0 Å². The molecular formula is C15H22Cl2N4O. The van der Waals surface area contributed by atoms with Crippen molar-refractivity contribution >= 4 is 35.7 Å². The van der Waals surface area contributed by atoms with E-state index in [1.165, 1.54) is 6.42 Å². The molecule has 1 aromatic rings. The molecule has 2 N–H and O–H groups in total. The molecule has 1 amide bonds. The van der Waals surface area contributed by atoms with E-state index in [-0.39, 0.29) is 24.4 Å². The number of pyridine rings is 1. The number of piperidine rings is 1. The van der Waals surface area contributed by atoms with Crippen LogP contribution in [-0.4, -0.2) is 42.0 Å². The van der Waals surface area contributed by atoms with Crippen molar-refractivity contribution in [3.8, 4) is 0 Å². The third-order valence-electron chi connectivity index (χ3n) is 4.41. The minimum atomic E-state index is -0.123. The van der Waals surface area contributed by atoms with Crippen molar-refractivity contribution < 1.29 is 4.79 Å². The van der Waals surface area contributed by atoms with Crippen molar-refractivity contribution in [3.63, 3.8) is 0 Å². The Hall–Kier alpha value is -0.880. The third-order valence-corrected chi connectivity index (χ3v) is 4.62. The Morgan fingerprint density at radius 1 is 1.50 bits per heavy atom. The smallest absolute Gasteiger partial charge is 0.242 e. The number of fused-ring (bicyclic) bond motifs is 1. The zero-order valence-corrected chi connectivity index (χ0v) is 14.6. The summed E-state index contributed by atoms with van der Waals surface area (Å²) in [5.74, 6) is 0.548. The highest BCUT2D eigenvalue weighted by Crippen LogP contribution is 2.53. The maximum Gasteiger partial charge on any atom is 0.242 e. The molecular weight excluding hydrogens is 323 g/mol. The Labute approximate surface area is 142 Å². The van der Waals surface area contributed by atoms with E-state index in [2.05, 4.69) is 22.5 Å². The number of halogens is 2. The van der Waals surface area contributed by atoms with Crippen molar-refractivity contribution in [1.29, 1.82) is 0 Å². The molecule has 0 spiro atoms. The van der Waals surface area contributed by atoms with Gasteiger partial charge in [0.1, 0.15) is 11.0 Å². The van der Waals surface area contributed by atoms with Crippen LogP contribution in [0.1, 0.15) is 25.3 Å². The Bertz CT molecular complexity index is 581. The molecule has 0 aromatic carbocycles. The van der Waals surface area contributed by atoms with Crippen LogP contribution in [0, 0.1) is 5.41 Å². The third kappa shape index (κ3) is 3.54. The van der Waals surface area contributed by atoms with Gasteiger partial charge in [0.25, 0.3) is 0 Å². The van der Waals surface area contributed by atoms with Crippen LogP contribution in [-0.2, 0) is 11.3 Å². The van der Waals surface area contributed by atoms with E-state index in [1.54, 1.807) is 6.07 Å². The van der Waals surface area contributed by atoms with Gasteiger partial charge in [0, 0.05) is 18.2 Å². The van der Waals surface area contributed by atoms with Crippen LogP contribution >= 0.6 is 24.0 Å². The largest absolute Gasteiger partial charge is 0.309 e. The zero-order valence-electron chi connectivity index (χ0n) is 13.0. The molecule has 1 aliphatic heterocycles. The molecule has 2 fully saturated rings. The van der Waals surface area contributed by atoms with Gasteiger partial charge in [-0.05, 0) is 38.4 Å². The number of rotatable bonds is 4. The van der Waals surface area contributed by atoms with Crippen molar-refractivity contribution in [1.82, 2.24) is 15.2 Å². The normalized spacial score (nSPS) is 29.0. The molecule has 2 aliphatic rings. The average Bonchev–Trinajstić information content (AvgIpc) is 2.90. The van der Waals surface area contributed by atoms with E-state index < -0.39 is 0 Å². The van der Waals surface area contributed by atoms with Crippen molar-refractivity contribution in [2.75, 3.05) is 19.4 Å². The lowest BCUT2D eigenvalue weighted by Crippen LogP contribution is -2.38. The van der Waals surface area contributed by atoms with Gasteiger partial charge >= 0.3 is 0 Å². The first kappa shape index (κ1) is 17.5. The summed E-state index contributed by atoms with van der Waals surface area (Å²) in [6.07, 6.45) is 2.07. The first-order valence-corrected chi connectivity index (χ1v) is 7.62. The molecule has 1 saturated carbocycles. The Morgan fingerprint density at radius 2 is 2.23 bits per heavy atom. The number of nitrogens with zero attached hydrogens (tertiary/aromatic N) is 2. The second kappa shape index (κ2) is 6.32. The molecule has 0 radical (unpaired) electrons. The molecule has 0 unspecified atom stereocenters. The van der Waals surface area contributed by atoms with Crippen molar-refractivity contribution in [3.05, 3.63) is 22.8 Å².